The van der Waals surface area contributed by atoms with Crippen molar-refractivity contribution < 1.29 is 9.59 Å². The molecule has 3 N–H and O–H groups in total. The average Bonchev–Trinajstić information content (AvgIpc) is 3.16. The summed E-state index contributed by atoms with van der Waals surface area (Å²) < 4.78 is 1.68. The molecule has 0 saturated carbocycles. The van der Waals surface area contributed by atoms with Gasteiger partial charge in [0.2, 0.25) is 5.91 Å². The highest BCUT2D eigenvalue weighted by Gasteiger charge is 2.29. The Balaban J connectivity index is 1.86. The van der Waals surface area contributed by atoms with Crippen LogP contribution < -0.4 is 11.1 Å². The van der Waals surface area contributed by atoms with Crippen molar-refractivity contribution in [3.05, 3.63) is 47.8 Å². The number of likely N-dealkylation sites (tertiary alicyclic amines) is 1. The molecule has 0 unspecified atom stereocenters. The van der Waals surface area contributed by atoms with Gasteiger partial charge in [-0.15, -0.1) is 0 Å². The van der Waals surface area contributed by atoms with Crippen molar-refractivity contribution in [2.24, 2.45) is 11.7 Å². The SMILES string of the molecule is CNC(=O)[C@H]1CCCN(C(=O)c2ccccc2-n2cc(CN)cn2)C1. The van der Waals surface area contributed by atoms with Crippen molar-refractivity contribution in [3.63, 3.8) is 0 Å². The van der Waals surface area contributed by atoms with Crippen LogP contribution in [0.25, 0.3) is 5.69 Å². The summed E-state index contributed by atoms with van der Waals surface area (Å²) in [6.45, 7) is 1.50. The third-order valence-corrected chi connectivity index (χ3v) is 4.58. The van der Waals surface area contributed by atoms with Gasteiger partial charge in [-0.2, -0.15) is 5.10 Å². The zero-order valence-electron chi connectivity index (χ0n) is 14.3. The van der Waals surface area contributed by atoms with Crippen molar-refractivity contribution in [2.45, 2.75) is 19.4 Å². The van der Waals surface area contributed by atoms with E-state index >= 15 is 0 Å². The van der Waals surface area contributed by atoms with Gasteiger partial charge in [0, 0.05) is 38.4 Å². The molecule has 0 radical (unpaired) electrons. The number of benzene rings is 1. The molecule has 1 atom stereocenters. The van der Waals surface area contributed by atoms with Gasteiger partial charge >= 0.3 is 0 Å². The quantitative estimate of drug-likeness (QED) is 0.865. The Morgan fingerprint density at radius 3 is 2.88 bits per heavy atom. The topological polar surface area (TPSA) is 93.2 Å². The van der Waals surface area contributed by atoms with Gasteiger partial charge in [-0.1, -0.05) is 12.1 Å². The molecule has 2 aromatic rings. The number of carbonyl (C=O) groups excluding carboxylic acids is 2. The Labute approximate surface area is 146 Å². The molecule has 1 aromatic carbocycles. The van der Waals surface area contributed by atoms with E-state index < -0.39 is 0 Å². The van der Waals surface area contributed by atoms with Gasteiger partial charge in [0.15, 0.2) is 0 Å². The fraction of sp³-hybridized carbons (Fsp3) is 0.389. The second-order valence-electron chi connectivity index (χ2n) is 6.22. The fourth-order valence-corrected chi connectivity index (χ4v) is 3.20. The number of carbonyl (C=O) groups is 2. The summed E-state index contributed by atoms with van der Waals surface area (Å²) in [5.41, 5.74) is 7.84. The molecule has 132 valence electrons. The van der Waals surface area contributed by atoms with E-state index in [4.69, 9.17) is 5.73 Å². The van der Waals surface area contributed by atoms with Crippen molar-refractivity contribution in [2.75, 3.05) is 20.1 Å². The van der Waals surface area contributed by atoms with Crippen LogP contribution in [0.2, 0.25) is 0 Å². The molecule has 1 aromatic heterocycles. The van der Waals surface area contributed by atoms with E-state index in [0.717, 1.165) is 18.4 Å². The summed E-state index contributed by atoms with van der Waals surface area (Å²) in [6, 6.07) is 7.37. The van der Waals surface area contributed by atoms with Crippen LogP contribution in [0.4, 0.5) is 0 Å². The largest absolute Gasteiger partial charge is 0.359 e. The van der Waals surface area contributed by atoms with Gasteiger partial charge in [-0.05, 0) is 25.0 Å². The molecule has 1 aliphatic heterocycles. The van der Waals surface area contributed by atoms with E-state index in [-0.39, 0.29) is 17.7 Å². The summed E-state index contributed by atoms with van der Waals surface area (Å²) in [7, 11) is 1.63. The van der Waals surface area contributed by atoms with Crippen LogP contribution in [0.15, 0.2) is 36.7 Å². The number of hydrogen-bond donors (Lipinski definition) is 2. The second-order valence-corrected chi connectivity index (χ2v) is 6.22. The predicted molar refractivity (Wildman–Crippen MR) is 94.1 cm³/mol. The van der Waals surface area contributed by atoms with Gasteiger partial charge in [-0.3, -0.25) is 9.59 Å². The van der Waals surface area contributed by atoms with Crippen LogP contribution in [-0.2, 0) is 11.3 Å². The van der Waals surface area contributed by atoms with Crippen LogP contribution >= 0.6 is 0 Å². The lowest BCUT2D eigenvalue weighted by molar-refractivity contribution is -0.125. The van der Waals surface area contributed by atoms with Crippen LogP contribution in [0.1, 0.15) is 28.8 Å². The minimum Gasteiger partial charge on any atom is -0.359 e. The second kappa shape index (κ2) is 7.48. The van der Waals surface area contributed by atoms with E-state index in [1.807, 2.05) is 24.4 Å². The maximum atomic E-state index is 13.1. The molecule has 25 heavy (non-hydrogen) atoms. The lowest BCUT2D eigenvalue weighted by Gasteiger charge is -2.32. The molecule has 0 aliphatic carbocycles. The standard InChI is InChI=1S/C18H23N5O2/c1-20-17(24)14-5-4-8-22(12-14)18(25)15-6-2-3-7-16(15)23-11-13(9-19)10-21-23/h2-3,6-7,10-11,14H,4-5,8-9,12,19H2,1H3,(H,20,24)/t14-/m0/s1. The summed E-state index contributed by atoms with van der Waals surface area (Å²) in [5, 5.41) is 6.98. The van der Waals surface area contributed by atoms with Gasteiger partial charge < -0.3 is 16.0 Å². The average molecular weight is 341 g/mol. The summed E-state index contributed by atoms with van der Waals surface area (Å²) in [6.07, 6.45) is 5.16. The third-order valence-electron chi connectivity index (χ3n) is 4.58. The third kappa shape index (κ3) is 3.56. The maximum absolute atomic E-state index is 13.1. The van der Waals surface area contributed by atoms with Gasteiger partial charge in [0.25, 0.3) is 5.91 Å². The number of para-hydroxylation sites is 1. The number of nitrogens with two attached hydrogens (primary N) is 1. The Bertz CT molecular complexity index is 770. The molecular formula is C18H23N5O2. The van der Waals surface area contributed by atoms with Crippen LogP contribution in [0, 0.1) is 5.92 Å². The van der Waals surface area contributed by atoms with E-state index in [2.05, 4.69) is 10.4 Å². The monoisotopic (exact) mass is 341 g/mol. The number of piperidine rings is 1. The molecule has 1 saturated heterocycles. The maximum Gasteiger partial charge on any atom is 0.256 e. The number of nitrogens with one attached hydrogen (secondary N) is 1. The molecule has 0 bridgehead atoms. The predicted octanol–water partition coefficient (Wildman–Crippen LogP) is 0.929. The van der Waals surface area contributed by atoms with Gasteiger partial charge in [0.1, 0.15) is 0 Å². The minimum absolute atomic E-state index is 0.00884. The van der Waals surface area contributed by atoms with E-state index in [0.29, 0.717) is 30.9 Å². The first-order chi connectivity index (χ1) is 12.1. The molecule has 7 nitrogen and oxygen atoms in total. The van der Waals surface area contributed by atoms with Crippen LogP contribution in [0.5, 0.6) is 0 Å². The molecule has 1 aliphatic rings. The molecule has 7 heteroatoms. The van der Waals surface area contributed by atoms with Crippen LogP contribution in [-0.4, -0.2) is 46.6 Å². The Morgan fingerprint density at radius 2 is 2.16 bits per heavy atom. The Kier molecular flexibility index (Phi) is 5.14. The van der Waals surface area contributed by atoms with Crippen molar-refractivity contribution in [3.8, 4) is 5.69 Å². The first-order valence-corrected chi connectivity index (χ1v) is 8.48. The van der Waals surface area contributed by atoms with Crippen LogP contribution in [0.3, 0.4) is 0 Å². The highest BCUT2D eigenvalue weighted by atomic mass is 16.2. The smallest absolute Gasteiger partial charge is 0.256 e. The molecule has 3 rings (SSSR count). The summed E-state index contributed by atoms with van der Waals surface area (Å²) >= 11 is 0. The Hall–Kier alpha value is -2.67. The van der Waals surface area contributed by atoms with Crippen molar-refractivity contribution in [1.82, 2.24) is 20.0 Å². The van der Waals surface area contributed by atoms with Crippen molar-refractivity contribution >= 4 is 11.8 Å². The Morgan fingerprint density at radius 1 is 1.36 bits per heavy atom. The van der Waals surface area contributed by atoms with Crippen molar-refractivity contribution in [1.29, 1.82) is 0 Å². The normalized spacial score (nSPS) is 17.4. The number of aromatic nitrogens is 2. The zero-order chi connectivity index (χ0) is 17.8. The highest BCUT2D eigenvalue weighted by molar-refractivity contribution is 5.98. The molecule has 2 amide bonds. The fourth-order valence-electron chi connectivity index (χ4n) is 3.20. The number of rotatable bonds is 4. The molecular weight excluding hydrogens is 318 g/mol. The zero-order valence-corrected chi connectivity index (χ0v) is 14.3. The molecule has 2 heterocycles. The lowest BCUT2D eigenvalue weighted by Crippen LogP contribution is -2.45. The summed E-state index contributed by atoms with van der Waals surface area (Å²) in [4.78, 5) is 26.7. The number of nitrogens with zero attached hydrogens (tertiary/aromatic N) is 3. The number of hydrogen-bond acceptors (Lipinski definition) is 4. The number of amides is 2. The minimum atomic E-state index is -0.150. The molecule has 1 fully saturated rings. The van der Waals surface area contributed by atoms with E-state index in [1.165, 1.54) is 0 Å². The highest BCUT2D eigenvalue weighted by Crippen LogP contribution is 2.22. The summed E-state index contributed by atoms with van der Waals surface area (Å²) in [5.74, 6) is -0.233. The lowest BCUT2D eigenvalue weighted by atomic mass is 9.96. The molecule has 0 spiro atoms. The van der Waals surface area contributed by atoms with Gasteiger partial charge in [0.05, 0.1) is 23.4 Å². The first-order valence-electron chi connectivity index (χ1n) is 8.48. The first kappa shape index (κ1) is 17.2. The van der Waals surface area contributed by atoms with E-state index in [1.54, 1.807) is 28.9 Å². The van der Waals surface area contributed by atoms with E-state index in [9.17, 15) is 9.59 Å². The van der Waals surface area contributed by atoms with Gasteiger partial charge in [-0.25, -0.2) is 4.68 Å².